The van der Waals surface area contributed by atoms with Crippen LogP contribution in [0, 0.1) is 0 Å². The molecule has 0 spiro atoms. The van der Waals surface area contributed by atoms with Gasteiger partial charge in [0.25, 0.3) is 0 Å². The van der Waals surface area contributed by atoms with E-state index in [1.165, 1.54) is 5.56 Å². The molecule has 1 fully saturated rings. The van der Waals surface area contributed by atoms with E-state index in [4.69, 9.17) is 4.74 Å². The van der Waals surface area contributed by atoms with Crippen molar-refractivity contribution in [2.24, 2.45) is 4.99 Å². The number of halogens is 1. The zero-order valence-electron chi connectivity index (χ0n) is 17.9. The van der Waals surface area contributed by atoms with Crippen LogP contribution in [-0.2, 0) is 11.3 Å². The van der Waals surface area contributed by atoms with Gasteiger partial charge >= 0.3 is 0 Å². The van der Waals surface area contributed by atoms with Crippen molar-refractivity contribution in [2.45, 2.75) is 32.9 Å². The summed E-state index contributed by atoms with van der Waals surface area (Å²) in [6.45, 7) is 15.2. The van der Waals surface area contributed by atoms with Gasteiger partial charge in [-0.1, -0.05) is 30.3 Å². The monoisotopic (exact) mass is 503 g/mol. The van der Waals surface area contributed by atoms with Crippen molar-refractivity contribution in [1.82, 2.24) is 20.4 Å². The summed E-state index contributed by atoms with van der Waals surface area (Å²) >= 11 is 0. The molecule has 7 heteroatoms. The number of ether oxygens (including phenoxy) is 1. The Bertz CT molecular complexity index is 559. The van der Waals surface area contributed by atoms with Gasteiger partial charge in [0.2, 0.25) is 0 Å². The minimum atomic E-state index is -0.239. The van der Waals surface area contributed by atoms with Gasteiger partial charge in [-0.25, -0.2) is 0 Å². The molecular formula is C21H38IN5O. The van der Waals surface area contributed by atoms with Crippen LogP contribution in [0.25, 0.3) is 0 Å². The van der Waals surface area contributed by atoms with Gasteiger partial charge in [0.15, 0.2) is 5.96 Å². The third-order valence-electron chi connectivity index (χ3n) is 4.95. The average molecular weight is 503 g/mol. The molecule has 2 N–H and O–H groups in total. The van der Waals surface area contributed by atoms with Crippen LogP contribution in [0.15, 0.2) is 35.3 Å². The topological polar surface area (TPSA) is 52.1 Å². The summed E-state index contributed by atoms with van der Waals surface area (Å²) in [5.41, 5.74) is 1.16. The Morgan fingerprint density at radius 1 is 1.07 bits per heavy atom. The highest BCUT2D eigenvalue weighted by molar-refractivity contribution is 14.0. The third-order valence-corrected chi connectivity index (χ3v) is 4.95. The van der Waals surface area contributed by atoms with Gasteiger partial charge in [0, 0.05) is 59.5 Å². The van der Waals surface area contributed by atoms with Crippen LogP contribution in [0.2, 0.25) is 0 Å². The van der Waals surface area contributed by atoms with Gasteiger partial charge in [-0.3, -0.25) is 14.8 Å². The first-order valence-electron chi connectivity index (χ1n) is 10.1. The van der Waals surface area contributed by atoms with E-state index in [2.05, 4.69) is 76.5 Å². The molecule has 1 aromatic carbocycles. The Morgan fingerprint density at radius 3 is 2.32 bits per heavy atom. The fourth-order valence-corrected chi connectivity index (χ4v) is 3.02. The second kappa shape index (κ2) is 13.3. The number of guanidine groups is 1. The average Bonchev–Trinajstić information content (AvgIpc) is 2.68. The molecule has 0 unspecified atom stereocenters. The predicted molar refractivity (Wildman–Crippen MR) is 129 cm³/mol. The van der Waals surface area contributed by atoms with E-state index in [1.807, 2.05) is 0 Å². The van der Waals surface area contributed by atoms with E-state index in [0.29, 0.717) is 6.54 Å². The molecule has 0 aromatic heterocycles. The van der Waals surface area contributed by atoms with Crippen LogP contribution in [0.4, 0.5) is 0 Å². The summed E-state index contributed by atoms with van der Waals surface area (Å²) < 4.78 is 5.44. The number of methoxy groups -OCH3 is 1. The molecule has 2 rings (SSSR count). The van der Waals surface area contributed by atoms with Crippen molar-refractivity contribution in [2.75, 3.05) is 59.5 Å². The van der Waals surface area contributed by atoms with Crippen LogP contribution in [0.3, 0.4) is 0 Å². The molecule has 1 aliphatic heterocycles. The lowest BCUT2D eigenvalue weighted by Crippen LogP contribution is -2.49. The van der Waals surface area contributed by atoms with Crippen molar-refractivity contribution < 1.29 is 4.74 Å². The minimum absolute atomic E-state index is 0. The molecule has 1 aromatic rings. The molecular weight excluding hydrogens is 465 g/mol. The SMILES string of the molecule is CCNC(=NCC(C)(C)OC)NCCN1CCN(Cc2ccccc2)CC1.I. The standard InChI is InChI=1S/C21H37N5O.HI/c1-5-22-20(24-18-21(2,3)27-4)23-11-12-25-13-15-26(16-14-25)17-19-9-7-6-8-10-19;/h6-10H,5,11-18H2,1-4H3,(H2,22,23,24);1H. The molecule has 0 aliphatic carbocycles. The molecule has 1 aliphatic rings. The summed E-state index contributed by atoms with van der Waals surface area (Å²) in [4.78, 5) is 9.70. The molecule has 0 bridgehead atoms. The highest BCUT2D eigenvalue weighted by atomic mass is 127. The molecule has 6 nitrogen and oxygen atoms in total. The zero-order valence-corrected chi connectivity index (χ0v) is 20.2. The van der Waals surface area contributed by atoms with Crippen molar-refractivity contribution in [3.8, 4) is 0 Å². The Morgan fingerprint density at radius 2 is 1.71 bits per heavy atom. The maximum absolute atomic E-state index is 5.44. The first-order valence-corrected chi connectivity index (χ1v) is 10.1. The molecule has 0 radical (unpaired) electrons. The van der Waals surface area contributed by atoms with Crippen LogP contribution < -0.4 is 10.6 Å². The van der Waals surface area contributed by atoms with Crippen LogP contribution in [0.5, 0.6) is 0 Å². The quantitative estimate of drug-likeness (QED) is 0.308. The van der Waals surface area contributed by atoms with Gasteiger partial charge in [-0.05, 0) is 26.3 Å². The van der Waals surface area contributed by atoms with Gasteiger partial charge < -0.3 is 15.4 Å². The number of hydrogen-bond acceptors (Lipinski definition) is 4. The molecule has 0 saturated carbocycles. The minimum Gasteiger partial charge on any atom is -0.377 e. The van der Waals surface area contributed by atoms with Gasteiger partial charge in [-0.2, -0.15) is 0 Å². The normalized spacial score (nSPS) is 16.5. The van der Waals surface area contributed by atoms with Gasteiger partial charge in [-0.15, -0.1) is 24.0 Å². The van der Waals surface area contributed by atoms with Crippen LogP contribution >= 0.6 is 24.0 Å². The Balaban J connectivity index is 0.00000392. The van der Waals surface area contributed by atoms with E-state index in [1.54, 1.807) is 7.11 Å². The lowest BCUT2D eigenvalue weighted by molar-refractivity contribution is 0.0310. The zero-order chi connectivity index (χ0) is 19.5. The predicted octanol–water partition coefficient (Wildman–Crippen LogP) is 2.40. The van der Waals surface area contributed by atoms with Crippen LogP contribution in [0.1, 0.15) is 26.3 Å². The summed E-state index contributed by atoms with van der Waals surface area (Å²) in [7, 11) is 1.73. The first-order chi connectivity index (χ1) is 13.0. The lowest BCUT2D eigenvalue weighted by Gasteiger charge is -2.34. The summed E-state index contributed by atoms with van der Waals surface area (Å²) in [5.74, 6) is 0.866. The van der Waals surface area contributed by atoms with Crippen molar-refractivity contribution >= 4 is 29.9 Å². The number of piperazine rings is 1. The molecule has 28 heavy (non-hydrogen) atoms. The number of hydrogen-bond donors (Lipinski definition) is 2. The smallest absolute Gasteiger partial charge is 0.191 e. The number of nitrogens with one attached hydrogen (secondary N) is 2. The Labute approximate surface area is 188 Å². The van der Waals surface area contributed by atoms with Gasteiger partial charge in [0.1, 0.15) is 0 Å². The molecule has 160 valence electrons. The lowest BCUT2D eigenvalue weighted by atomic mass is 10.1. The summed E-state index contributed by atoms with van der Waals surface area (Å²) in [5, 5.41) is 6.75. The maximum Gasteiger partial charge on any atom is 0.191 e. The van der Waals surface area contributed by atoms with E-state index < -0.39 is 0 Å². The summed E-state index contributed by atoms with van der Waals surface area (Å²) in [6.07, 6.45) is 0. The molecule has 0 amide bonds. The molecule has 1 saturated heterocycles. The van der Waals surface area contributed by atoms with Crippen molar-refractivity contribution in [1.29, 1.82) is 0 Å². The highest BCUT2D eigenvalue weighted by Crippen LogP contribution is 2.08. The number of nitrogens with zero attached hydrogens (tertiary/aromatic N) is 3. The molecule has 1 heterocycles. The summed E-state index contributed by atoms with van der Waals surface area (Å²) in [6, 6.07) is 10.7. The Hall–Kier alpha value is -0.900. The van der Waals surface area contributed by atoms with E-state index >= 15 is 0 Å². The van der Waals surface area contributed by atoms with E-state index in [9.17, 15) is 0 Å². The van der Waals surface area contributed by atoms with Crippen molar-refractivity contribution in [3.63, 3.8) is 0 Å². The highest BCUT2D eigenvalue weighted by Gasteiger charge is 2.17. The number of aliphatic imine (C=N–C) groups is 1. The fraction of sp³-hybridized carbons (Fsp3) is 0.667. The van der Waals surface area contributed by atoms with Crippen molar-refractivity contribution in [3.05, 3.63) is 35.9 Å². The Kier molecular flexibility index (Phi) is 12.0. The van der Waals surface area contributed by atoms with E-state index in [-0.39, 0.29) is 29.6 Å². The van der Waals surface area contributed by atoms with E-state index in [0.717, 1.165) is 58.3 Å². The second-order valence-corrected chi connectivity index (χ2v) is 7.69. The number of benzene rings is 1. The first kappa shape index (κ1) is 25.1. The third kappa shape index (κ3) is 9.54. The second-order valence-electron chi connectivity index (χ2n) is 7.69. The van der Waals surface area contributed by atoms with Gasteiger partial charge in [0.05, 0.1) is 12.1 Å². The number of rotatable bonds is 9. The fourth-order valence-electron chi connectivity index (χ4n) is 3.02. The van der Waals surface area contributed by atoms with Crippen LogP contribution in [-0.4, -0.2) is 80.8 Å². The molecule has 0 atom stereocenters. The largest absolute Gasteiger partial charge is 0.377 e. The maximum atomic E-state index is 5.44.